The van der Waals surface area contributed by atoms with E-state index in [-0.39, 0.29) is 12.1 Å². The van der Waals surface area contributed by atoms with E-state index < -0.39 is 12.2 Å². The summed E-state index contributed by atoms with van der Waals surface area (Å²) in [6, 6.07) is 5.93. The van der Waals surface area contributed by atoms with E-state index in [0.717, 1.165) is 59.9 Å². The zero-order valence-corrected chi connectivity index (χ0v) is 22.0. The monoisotopic (exact) mass is 503 g/mol. The quantitative estimate of drug-likeness (QED) is 0.439. The van der Waals surface area contributed by atoms with Crippen LogP contribution in [0.4, 0.5) is 21.0 Å². The summed E-state index contributed by atoms with van der Waals surface area (Å²) >= 11 is 1.69. The molecule has 192 valence electrons. The number of hydrogen-bond acceptors (Lipinski definition) is 7. The molecule has 1 heterocycles. The van der Waals surface area contributed by atoms with Crippen LogP contribution in [0.1, 0.15) is 50.5 Å². The fourth-order valence-corrected chi connectivity index (χ4v) is 5.35. The van der Waals surface area contributed by atoms with Crippen LogP contribution in [0, 0.1) is 0 Å². The summed E-state index contributed by atoms with van der Waals surface area (Å²) in [4.78, 5) is 33.2. The first-order chi connectivity index (χ1) is 16.6. The highest BCUT2D eigenvalue weighted by molar-refractivity contribution is 7.15. The van der Waals surface area contributed by atoms with Gasteiger partial charge in [0, 0.05) is 55.2 Å². The zero-order chi connectivity index (χ0) is 25.5. The molecule has 2 amide bonds. The molecule has 0 saturated heterocycles. The van der Waals surface area contributed by atoms with Gasteiger partial charge < -0.3 is 25.0 Å². The minimum atomic E-state index is -0.952. The van der Waals surface area contributed by atoms with Crippen LogP contribution in [0.5, 0.6) is 0 Å². The largest absolute Gasteiger partial charge is 0.465 e. The maximum atomic E-state index is 12.1. The number of likely N-dealkylation sites (N-methyl/N-ethyl adjacent to an activating group) is 2. The van der Waals surface area contributed by atoms with Crippen LogP contribution in [0.15, 0.2) is 24.4 Å². The Bertz CT molecular complexity index is 1000. The first kappa shape index (κ1) is 26.7. The molecule has 1 aromatic carbocycles. The molecule has 35 heavy (non-hydrogen) atoms. The number of hydrogen-bond donors (Lipinski definition) is 3. The standard InChI is InChI=1S/C25H37N5O4S/c1-16(2)34-25(33)28-19-10-11-20(21(14-19)30(5)13-12-29(3)4)22-15-26-23(35-22)17-6-8-18(9-7-17)27-24(31)32/h10-11,14-18,27H,6-9,12-13H2,1-5H3,(H,28,33)(H,31,32). The Morgan fingerprint density at radius 1 is 1.17 bits per heavy atom. The molecule has 0 unspecified atom stereocenters. The molecule has 3 rings (SSSR count). The number of amides is 2. The second kappa shape index (κ2) is 12.2. The molecule has 0 aliphatic heterocycles. The van der Waals surface area contributed by atoms with Crippen LogP contribution in [0.25, 0.3) is 10.4 Å². The molecular formula is C25H37N5O4S. The number of ether oxygens (including phenoxy) is 1. The van der Waals surface area contributed by atoms with E-state index >= 15 is 0 Å². The minimum Gasteiger partial charge on any atom is -0.465 e. The Balaban J connectivity index is 1.80. The predicted molar refractivity (Wildman–Crippen MR) is 141 cm³/mol. The second-order valence-electron chi connectivity index (χ2n) is 9.60. The van der Waals surface area contributed by atoms with Crippen molar-refractivity contribution in [1.29, 1.82) is 0 Å². The average molecular weight is 504 g/mol. The van der Waals surface area contributed by atoms with Crippen molar-refractivity contribution in [2.45, 2.75) is 57.6 Å². The highest BCUT2D eigenvalue weighted by Crippen LogP contribution is 2.41. The van der Waals surface area contributed by atoms with Crippen LogP contribution in [-0.2, 0) is 4.74 Å². The smallest absolute Gasteiger partial charge is 0.411 e. The zero-order valence-electron chi connectivity index (χ0n) is 21.2. The van der Waals surface area contributed by atoms with Crippen molar-refractivity contribution in [3.63, 3.8) is 0 Å². The molecule has 1 aromatic heterocycles. The van der Waals surface area contributed by atoms with Gasteiger partial charge in [-0.05, 0) is 71.8 Å². The topological polar surface area (TPSA) is 107 Å². The lowest BCUT2D eigenvalue weighted by Crippen LogP contribution is -2.36. The maximum absolute atomic E-state index is 12.1. The lowest BCUT2D eigenvalue weighted by atomic mass is 9.86. The molecule has 0 bridgehead atoms. The fourth-order valence-electron chi connectivity index (χ4n) is 4.23. The van der Waals surface area contributed by atoms with Gasteiger partial charge in [0.15, 0.2) is 0 Å². The summed E-state index contributed by atoms with van der Waals surface area (Å²) in [5.74, 6) is 0.349. The van der Waals surface area contributed by atoms with Gasteiger partial charge in [0.2, 0.25) is 0 Å². The number of carbonyl (C=O) groups excluding carboxylic acids is 1. The van der Waals surface area contributed by atoms with E-state index in [1.54, 1.807) is 11.3 Å². The number of nitrogens with one attached hydrogen (secondary N) is 2. The van der Waals surface area contributed by atoms with Crippen LogP contribution < -0.4 is 15.5 Å². The summed E-state index contributed by atoms with van der Waals surface area (Å²) < 4.78 is 5.23. The molecule has 1 saturated carbocycles. The van der Waals surface area contributed by atoms with E-state index in [1.165, 1.54) is 0 Å². The molecular weight excluding hydrogens is 466 g/mol. The third-order valence-electron chi connectivity index (χ3n) is 6.07. The lowest BCUT2D eigenvalue weighted by Gasteiger charge is -2.27. The van der Waals surface area contributed by atoms with Crippen LogP contribution in [0.3, 0.4) is 0 Å². The number of aromatic nitrogens is 1. The van der Waals surface area contributed by atoms with E-state index in [9.17, 15) is 9.59 Å². The van der Waals surface area contributed by atoms with Crippen molar-refractivity contribution in [3.8, 4) is 10.4 Å². The van der Waals surface area contributed by atoms with Crippen molar-refractivity contribution < 1.29 is 19.4 Å². The first-order valence-corrected chi connectivity index (χ1v) is 12.9. The first-order valence-electron chi connectivity index (χ1n) is 12.1. The SMILES string of the molecule is CC(C)OC(=O)Nc1ccc(-c2cnc(C3CCC(NC(=O)O)CC3)s2)c(N(C)CCN(C)C)c1. The lowest BCUT2D eigenvalue weighted by molar-refractivity contribution is 0.130. The van der Waals surface area contributed by atoms with Crippen molar-refractivity contribution in [3.05, 3.63) is 29.4 Å². The normalized spacial score (nSPS) is 17.9. The van der Waals surface area contributed by atoms with Gasteiger partial charge in [0.05, 0.1) is 16.0 Å². The van der Waals surface area contributed by atoms with Crippen LogP contribution >= 0.6 is 11.3 Å². The number of nitrogens with zero attached hydrogens (tertiary/aromatic N) is 3. The fraction of sp³-hybridized carbons (Fsp3) is 0.560. The third kappa shape index (κ3) is 7.83. The molecule has 1 aliphatic rings. The highest BCUT2D eigenvalue weighted by Gasteiger charge is 2.26. The summed E-state index contributed by atoms with van der Waals surface area (Å²) in [5, 5.41) is 15.5. The Morgan fingerprint density at radius 3 is 2.51 bits per heavy atom. The highest BCUT2D eigenvalue weighted by atomic mass is 32.1. The molecule has 10 heteroatoms. The van der Waals surface area contributed by atoms with Gasteiger partial charge in [-0.2, -0.15) is 0 Å². The Morgan fingerprint density at radius 2 is 1.89 bits per heavy atom. The third-order valence-corrected chi connectivity index (χ3v) is 7.27. The molecule has 0 atom stereocenters. The van der Waals surface area contributed by atoms with E-state index in [1.807, 2.05) is 52.3 Å². The van der Waals surface area contributed by atoms with Gasteiger partial charge in [-0.25, -0.2) is 14.6 Å². The predicted octanol–water partition coefficient (Wildman–Crippen LogP) is 5.06. The van der Waals surface area contributed by atoms with Crippen LogP contribution in [0.2, 0.25) is 0 Å². The van der Waals surface area contributed by atoms with E-state index in [0.29, 0.717) is 11.6 Å². The van der Waals surface area contributed by atoms with Gasteiger partial charge in [0.1, 0.15) is 0 Å². The molecule has 2 aromatic rings. The molecule has 0 radical (unpaired) electrons. The van der Waals surface area contributed by atoms with Gasteiger partial charge in [-0.3, -0.25) is 5.32 Å². The second-order valence-corrected chi connectivity index (χ2v) is 10.7. The summed E-state index contributed by atoms with van der Waals surface area (Å²) in [6.45, 7) is 5.36. The summed E-state index contributed by atoms with van der Waals surface area (Å²) in [6.07, 6.45) is 3.83. The number of carboxylic acid groups (broad SMARTS) is 1. The summed E-state index contributed by atoms with van der Waals surface area (Å²) in [7, 11) is 6.15. The Kier molecular flexibility index (Phi) is 9.33. The van der Waals surface area contributed by atoms with Crippen molar-refractivity contribution in [2.75, 3.05) is 44.4 Å². The van der Waals surface area contributed by atoms with Crippen LogP contribution in [-0.4, -0.2) is 73.6 Å². The van der Waals surface area contributed by atoms with Gasteiger partial charge >= 0.3 is 12.2 Å². The Labute approximate surface area is 211 Å². The number of anilines is 2. The van der Waals surface area contributed by atoms with Crippen molar-refractivity contribution in [1.82, 2.24) is 15.2 Å². The molecule has 1 fully saturated rings. The van der Waals surface area contributed by atoms with Gasteiger partial charge in [0.25, 0.3) is 0 Å². The van der Waals surface area contributed by atoms with Crippen molar-refractivity contribution in [2.24, 2.45) is 0 Å². The molecule has 3 N–H and O–H groups in total. The average Bonchev–Trinajstić information content (AvgIpc) is 3.27. The summed E-state index contributed by atoms with van der Waals surface area (Å²) in [5.41, 5.74) is 2.76. The van der Waals surface area contributed by atoms with E-state index in [4.69, 9.17) is 14.8 Å². The van der Waals surface area contributed by atoms with Gasteiger partial charge in [-0.1, -0.05) is 0 Å². The number of benzene rings is 1. The minimum absolute atomic E-state index is 0.0301. The number of thiazole rings is 1. The van der Waals surface area contributed by atoms with E-state index in [2.05, 4.69) is 27.5 Å². The Hall–Kier alpha value is -2.85. The maximum Gasteiger partial charge on any atom is 0.411 e. The molecule has 1 aliphatic carbocycles. The van der Waals surface area contributed by atoms with Crippen molar-refractivity contribution >= 4 is 34.9 Å². The molecule has 9 nitrogen and oxygen atoms in total. The number of carbonyl (C=O) groups is 2. The van der Waals surface area contributed by atoms with Gasteiger partial charge in [-0.15, -0.1) is 11.3 Å². The molecule has 0 spiro atoms. The number of rotatable bonds is 9.